The Balaban J connectivity index is 1.25. The highest BCUT2D eigenvalue weighted by Gasteiger charge is 2.62. The first-order chi connectivity index (χ1) is 11.3. The van der Waals surface area contributed by atoms with E-state index in [0.29, 0.717) is 30.3 Å². The van der Waals surface area contributed by atoms with Gasteiger partial charge >= 0.3 is 5.97 Å². The third kappa shape index (κ3) is 1.77. The van der Waals surface area contributed by atoms with Crippen molar-refractivity contribution in [3.05, 3.63) is 12.2 Å². The van der Waals surface area contributed by atoms with Crippen molar-refractivity contribution < 1.29 is 19.0 Å². The lowest BCUT2D eigenvalue weighted by Crippen LogP contribution is -2.51. The van der Waals surface area contributed by atoms with Gasteiger partial charge in [0.15, 0.2) is 12.4 Å². The fourth-order valence-electron chi connectivity index (χ4n) is 6.82. The molecule has 4 aliphatic carbocycles. The van der Waals surface area contributed by atoms with Crippen LogP contribution in [0.25, 0.3) is 0 Å². The van der Waals surface area contributed by atoms with Crippen LogP contribution in [0.15, 0.2) is 12.2 Å². The quantitative estimate of drug-likeness (QED) is 0.580. The smallest absolute Gasteiger partial charge is 0.310 e. The Morgan fingerprint density at radius 1 is 1.04 bits per heavy atom. The van der Waals surface area contributed by atoms with Crippen molar-refractivity contribution in [2.24, 2.45) is 41.4 Å². The highest BCUT2D eigenvalue weighted by molar-refractivity contribution is 5.74. The molecule has 4 heteroatoms. The van der Waals surface area contributed by atoms with Crippen molar-refractivity contribution in [1.82, 2.24) is 0 Å². The standard InChI is InChI=1S/C19H24O4/c20-18(13-6-9-1-2-10(13)5-9)23-17-16-12-4-3-11(7-12)15(16)14-8-21-19(17)22-14/h1-2,9-17,19H,3-8H2/t9-,10+,11+,12-,13-,14?,15?,16?,17-,19?/m1/s1. The van der Waals surface area contributed by atoms with E-state index in [0.717, 1.165) is 24.7 Å². The number of carbonyl (C=O) groups is 1. The van der Waals surface area contributed by atoms with Gasteiger partial charge < -0.3 is 14.2 Å². The fourth-order valence-corrected chi connectivity index (χ4v) is 6.82. The minimum Gasteiger partial charge on any atom is -0.456 e. The van der Waals surface area contributed by atoms with E-state index in [4.69, 9.17) is 14.2 Å². The van der Waals surface area contributed by atoms with E-state index in [9.17, 15) is 4.79 Å². The predicted octanol–water partition coefficient (Wildman–Crippen LogP) is 2.53. The molecule has 2 saturated heterocycles. The molecule has 23 heavy (non-hydrogen) atoms. The lowest BCUT2D eigenvalue weighted by atomic mass is 9.72. The molecular weight excluding hydrogens is 292 g/mol. The number of rotatable bonds is 2. The van der Waals surface area contributed by atoms with Gasteiger partial charge in [-0.1, -0.05) is 12.2 Å². The molecule has 6 aliphatic rings. The summed E-state index contributed by atoms with van der Waals surface area (Å²) in [5.41, 5.74) is 0. The highest BCUT2D eigenvalue weighted by Crippen LogP contribution is 2.59. The van der Waals surface area contributed by atoms with Gasteiger partial charge in [-0.05, 0) is 61.7 Å². The first kappa shape index (κ1) is 13.4. The molecule has 6 rings (SSSR count). The molecule has 2 heterocycles. The van der Waals surface area contributed by atoms with E-state index in [1.165, 1.54) is 19.3 Å². The monoisotopic (exact) mass is 316 g/mol. The second kappa shape index (κ2) is 4.60. The zero-order valence-corrected chi connectivity index (χ0v) is 13.3. The molecular formula is C19H24O4. The Kier molecular flexibility index (Phi) is 2.69. The maximum atomic E-state index is 12.8. The Morgan fingerprint density at radius 3 is 2.70 bits per heavy atom. The van der Waals surface area contributed by atoms with Crippen molar-refractivity contribution in [3.8, 4) is 0 Å². The van der Waals surface area contributed by atoms with Gasteiger partial charge in [0.2, 0.25) is 0 Å². The van der Waals surface area contributed by atoms with Crippen LogP contribution >= 0.6 is 0 Å². The van der Waals surface area contributed by atoms with Crippen LogP contribution in [0.4, 0.5) is 0 Å². The van der Waals surface area contributed by atoms with E-state index >= 15 is 0 Å². The van der Waals surface area contributed by atoms with Crippen LogP contribution in [0.5, 0.6) is 0 Å². The number of fused-ring (bicyclic) bond motifs is 10. The normalized spacial score (nSPS) is 57.9. The number of hydrogen-bond donors (Lipinski definition) is 0. The lowest BCUT2D eigenvalue weighted by Gasteiger charge is -2.43. The maximum absolute atomic E-state index is 12.8. The number of carbonyl (C=O) groups excluding carboxylic acids is 1. The van der Waals surface area contributed by atoms with E-state index in [1.807, 2.05) is 0 Å². The lowest BCUT2D eigenvalue weighted by molar-refractivity contribution is -0.222. The average molecular weight is 316 g/mol. The second-order valence-electron chi connectivity index (χ2n) is 8.65. The van der Waals surface area contributed by atoms with Crippen LogP contribution in [0.2, 0.25) is 0 Å². The average Bonchev–Trinajstić information content (AvgIpc) is 3.37. The maximum Gasteiger partial charge on any atom is 0.310 e. The molecule has 2 aliphatic heterocycles. The van der Waals surface area contributed by atoms with Crippen LogP contribution in [-0.4, -0.2) is 31.1 Å². The summed E-state index contributed by atoms with van der Waals surface area (Å²) in [6.07, 6.45) is 10.3. The molecule has 124 valence electrons. The summed E-state index contributed by atoms with van der Waals surface area (Å²) in [6, 6.07) is 0. The van der Waals surface area contributed by atoms with Crippen LogP contribution in [0.1, 0.15) is 32.1 Å². The summed E-state index contributed by atoms with van der Waals surface area (Å²) in [5.74, 6) is 3.62. The number of esters is 1. The van der Waals surface area contributed by atoms with Crippen molar-refractivity contribution >= 4 is 5.97 Å². The molecule has 0 N–H and O–H groups in total. The van der Waals surface area contributed by atoms with Crippen molar-refractivity contribution in [2.45, 2.75) is 50.6 Å². The first-order valence-corrected chi connectivity index (χ1v) is 9.44. The van der Waals surface area contributed by atoms with Crippen molar-refractivity contribution in [3.63, 3.8) is 0 Å². The van der Waals surface area contributed by atoms with Crippen molar-refractivity contribution in [2.75, 3.05) is 6.61 Å². The van der Waals surface area contributed by atoms with E-state index in [2.05, 4.69) is 12.2 Å². The van der Waals surface area contributed by atoms with Crippen LogP contribution in [0.3, 0.4) is 0 Å². The van der Waals surface area contributed by atoms with Gasteiger partial charge in [-0.2, -0.15) is 0 Å². The Labute approximate surface area is 136 Å². The Morgan fingerprint density at radius 2 is 1.91 bits per heavy atom. The topological polar surface area (TPSA) is 44.8 Å². The third-order valence-corrected chi connectivity index (χ3v) is 7.69. The molecule has 4 unspecified atom stereocenters. The molecule has 0 radical (unpaired) electrons. The Hall–Kier alpha value is -0.870. The largest absolute Gasteiger partial charge is 0.456 e. The second-order valence-corrected chi connectivity index (χ2v) is 8.65. The summed E-state index contributed by atoms with van der Waals surface area (Å²) < 4.78 is 18.1. The van der Waals surface area contributed by atoms with E-state index in [-0.39, 0.29) is 30.4 Å². The summed E-state index contributed by atoms with van der Waals surface area (Å²) in [6.45, 7) is 0.694. The number of ether oxygens (including phenoxy) is 3. The molecule has 0 aromatic rings. The molecule has 10 atom stereocenters. The number of hydrogen-bond acceptors (Lipinski definition) is 4. The van der Waals surface area contributed by atoms with Gasteiger partial charge in [-0.15, -0.1) is 0 Å². The van der Waals surface area contributed by atoms with E-state index < -0.39 is 0 Å². The molecule has 4 nitrogen and oxygen atoms in total. The summed E-state index contributed by atoms with van der Waals surface area (Å²) in [5, 5.41) is 0. The molecule has 0 aromatic carbocycles. The highest BCUT2D eigenvalue weighted by atomic mass is 16.7. The molecule has 5 fully saturated rings. The van der Waals surface area contributed by atoms with Crippen LogP contribution in [-0.2, 0) is 19.0 Å². The Bertz CT molecular complexity index is 572. The molecule has 0 spiro atoms. The predicted molar refractivity (Wildman–Crippen MR) is 81.1 cm³/mol. The third-order valence-electron chi connectivity index (χ3n) is 7.69. The minimum absolute atomic E-state index is 0.00548. The van der Waals surface area contributed by atoms with E-state index in [1.54, 1.807) is 0 Å². The molecule has 3 saturated carbocycles. The first-order valence-electron chi connectivity index (χ1n) is 9.44. The van der Waals surface area contributed by atoms with Gasteiger partial charge in [-0.25, -0.2) is 0 Å². The number of allylic oxidation sites excluding steroid dienone is 2. The van der Waals surface area contributed by atoms with Crippen LogP contribution in [0, 0.1) is 41.4 Å². The molecule has 6 bridgehead atoms. The van der Waals surface area contributed by atoms with Crippen LogP contribution < -0.4 is 0 Å². The summed E-state index contributed by atoms with van der Waals surface area (Å²) in [4.78, 5) is 12.8. The zero-order chi connectivity index (χ0) is 15.1. The summed E-state index contributed by atoms with van der Waals surface area (Å²) in [7, 11) is 0. The van der Waals surface area contributed by atoms with Gasteiger partial charge in [0.1, 0.15) is 0 Å². The minimum atomic E-state index is -0.307. The molecule has 0 amide bonds. The van der Waals surface area contributed by atoms with Gasteiger partial charge in [0, 0.05) is 5.92 Å². The SMILES string of the molecule is O=C(O[C@H]1C2OCC(O2)C2C1[C@@H]1CC[C@H]2C1)[C@@H]1C[C@@H]2C=C[C@H]1C2. The van der Waals surface area contributed by atoms with Gasteiger partial charge in [0.25, 0.3) is 0 Å². The fraction of sp³-hybridized carbons (Fsp3) is 0.842. The van der Waals surface area contributed by atoms with Crippen molar-refractivity contribution in [1.29, 1.82) is 0 Å². The van der Waals surface area contributed by atoms with Gasteiger partial charge in [-0.3, -0.25) is 4.79 Å². The van der Waals surface area contributed by atoms with Gasteiger partial charge in [0.05, 0.1) is 18.6 Å². The molecule has 0 aromatic heterocycles. The zero-order valence-electron chi connectivity index (χ0n) is 13.3. The summed E-state index contributed by atoms with van der Waals surface area (Å²) >= 11 is 0.